The molecule has 0 spiro atoms. The maximum Gasteiger partial charge on any atom is 0.330 e. The molecule has 166 valence electrons. The number of furan rings is 1. The van der Waals surface area contributed by atoms with Crippen molar-refractivity contribution in [2.75, 3.05) is 10.6 Å². The molecule has 3 heterocycles. The van der Waals surface area contributed by atoms with Gasteiger partial charge < -0.3 is 10.2 Å². The highest BCUT2D eigenvalue weighted by atomic mass is 16.3. The number of anilines is 2. The van der Waals surface area contributed by atoms with Crippen LogP contribution < -0.4 is 21.9 Å². The number of nitrogen functional groups attached to an aromatic ring is 1. The molecule has 3 N–H and O–H groups in total. The Morgan fingerprint density at radius 1 is 1.29 bits per heavy atom. The van der Waals surface area contributed by atoms with Crippen LogP contribution in [0.1, 0.15) is 43.3 Å². The quantitative estimate of drug-likeness (QED) is 0.535. The summed E-state index contributed by atoms with van der Waals surface area (Å²) in [6, 6.07) is 5.33. The topological polar surface area (TPSA) is 132 Å². The Kier molecular flexibility index (Phi) is 6.78. The number of aromatic nitrogens is 4. The van der Waals surface area contributed by atoms with Gasteiger partial charge in [-0.1, -0.05) is 13.3 Å². The Morgan fingerprint density at radius 2 is 2.06 bits per heavy atom. The number of rotatable bonds is 9. The largest absolute Gasteiger partial charge is 0.467 e. The highest BCUT2D eigenvalue weighted by molar-refractivity contribution is 5.95. The van der Waals surface area contributed by atoms with Crippen LogP contribution in [0.3, 0.4) is 0 Å². The fourth-order valence-electron chi connectivity index (χ4n) is 3.46. The van der Waals surface area contributed by atoms with Crippen molar-refractivity contribution in [2.24, 2.45) is 0 Å². The van der Waals surface area contributed by atoms with Gasteiger partial charge in [-0.3, -0.25) is 28.7 Å². The number of H-pyrrole nitrogens is 1. The summed E-state index contributed by atoms with van der Waals surface area (Å²) in [5.41, 5.74) is 6.68. The van der Waals surface area contributed by atoms with E-state index in [1.165, 1.54) is 15.7 Å². The van der Waals surface area contributed by atoms with Crippen LogP contribution >= 0.6 is 0 Å². The first-order valence-electron chi connectivity index (χ1n) is 10.3. The second kappa shape index (κ2) is 9.50. The Morgan fingerprint density at radius 3 is 2.68 bits per heavy atom. The molecule has 0 fully saturated rings. The van der Waals surface area contributed by atoms with E-state index >= 15 is 0 Å². The zero-order valence-electron chi connectivity index (χ0n) is 18.1. The highest BCUT2D eigenvalue weighted by Gasteiger charge is 2.25. The van der Waals surface area contributed by atoms with Gasteiger partial charge in [0.1, 0.15) is 11.6 Å². The first kappa shape index (κ1) is 22.1. The zero-order chi connectivity index (χ0) is 22.5. The third kappa shape index (κ3) is 4.96. The van der Waals surface area contributed by atoms with Crippen LogP contribution in [0.15, 0.2) is 38.5 Å². The van der Waals surface area contributed by atoms with Gasteiger partial charge in [0.05, 0.1) is 18.5 Å². The Hall–Kier alpha value is -3.56. The minimum Gasteiger partial charge on any atom is -0.467 e. The van der Waals surface area contributed by atoms with Gasteiger partial charge in [-0.25, -0.2) is 4.79 Å². The molecule has 0 bridgehead atoms. The summed E-state index contributed by atoms with van der Waals surface area (Å²) in [5.74, 6) is 0.125. The van der Waals surface area contributed by atoms with E-state index in [1.54, 1.807) is 16.8 Å². The lowest BCUT2D eigenvalue weighted by Crippen LogP contribution is -2.41. The van der Waals surface area contributed by atoms with Gasteiger partial charge >= 0.3 is 5.69 Å². The van der Waals surface area contributed by atoms with E-state index in [0.717, 1.165) is 17.8 Å². The molecule has 0 unspecified atom stereocenters. The van der Waals surface area contributed by atoms with Gasteiger partial charge in [-0.15, -0.1) is 0 Å². The van der Waals surface area contributed by atoms with E-state index in [1.807, 2.05) is 26.8 Å². The van der Waals surface area contributed by atoms with E-state index in [0.29, 0.717) is 25.3 Å². The van der Waals surface area contributed by atoms with Crippen molar-refractivity contribution in [3.8, 4) is 0 Å². The molecule has 0 aliphatic heterocycles. The maximum absolute atomic E-state index is 13.2. The Labute approximate surface area is 179 Å². The molecule has 3 rings (SSSR count). The van der Waals surface area contributed by atoms with Crippen molar-refractivity contribution < 1.29 is 9.21 Å². The van der Waals surface area contributed by atoms with E-state index in [4.69, 9.17) is 10.2 Å². The van der Waals surface area contributed by atoms with Crippen LogP contribution in [0.4, 0.5) is 11.5 Å². The number of nitrogens with zero attached hydrogens (tertiary/aromatic N) is 4. The predicted octanol–water partition coefficient (Wildman–Crippen LogP) is 1.95. The summed E-state index contributed by atoms with van der Waals surface area (Å²) >= 11 is 0. The van der Waals surface area contributed by atoms with Crippen molar-refractivity contribution in [2.45, 2.75) is 59.7 Å². The minimum atomic E-state index is -0.707. The van der Waals surface area contributed by atoms with Gasteiger partial charge in [0.15, 0.2) is 5.69 Å². The van der Waals surface area contributed by atoms with Crippen LogP contribution in [0.2, 0.25) is 0 Å². The number of unbranched alkanes of at least 4 members (excludes halogenated alkanes) is 1. The standard InChI is InChI=1S/C21H28N6O4/c1-4-5-9-25-19(22)18(20(29)23-21(25)30)26(13-16-7-6-11-31-16)17(28)8-10-27-15(3)12-14(2)24-27/h6-7,11-12H,4-5,8-10,13,22H2,1-3H3,(H,23,29,30). The van der Waals surface area contributed by atoms with Crippen molar-refractivity contribution in [3.05, 3.63) is 62.4 Å². The molecule has 0 aliphatic rings. The normalized spacial score (nSPS) is 11.1. The van der Waals surface area contributed by atoms with Crippen molar-refractivity contribution in [1.82, 2.24) is 19.3 Å². The number of aromatic amines is 1. The molecule has 3 aromatic heterocycles. The molecule has 3 aromatic rings. The summed E-state index contributed by atoms with van der Waals surface area (Å²) in [6.07, 6.45) is 3.14. The monoisotopic (exact) mass is 428 g/mol. The number of hydrogen-bond donors (Lipinski definition) is 2. The number of carbonyl (C=O) groups excluding carboxylic acids is 1. The van der Waals surface area contributed by atoms with E-state index in [2.05, 4.69) is 10.1 Å². The number of amides is 1. The maximum atomic E-state index is 13.2. The summed E-state index contributed by atoms with van der Waals surface area (Å²) in [6.45, 7) is 6.49. The summed E-state index contributed by atoms with van der Waals surface area (Å²) in [5, 5.41) is 4.37. The molecule has 1 amide bonds. The number of nitrogens with two attached hydrogens (primary N) is 1. The lowest BCUT2D eigenvalue weighted by atomic mass is 10.2. The third-order valence-corrected chi connectivity index (χ3v) is 5.06. The van der Waals surface area contributed by atoms with E-state index in [9.17, 15) is 14.4 Å². The number of aryl methyl sites for hydroxylation is 3. The summed E-state index contributed by atoms with van der Waals surface area (Å²) < 4.78 is 8.43. The van der Waals surface area contributed by atoms with Gasteiger partial charge in [0, 0.05) is 25.2 Å². The fourth-order valence-corrected chi connectivity index (χ4v) is 3.46. The molecule has 10 heteroatoms. The van der Waals surface area contributed by atoms with Gasteiger partial charge in [0.2, 0.25) is 5.91 Å². The summed E-state index contributed by atoms with van der Waals surface area (Å²) in [7, 11) is 0. The minimum absolute atomic E-state index is 0.0161. The van der Waals surface area contributed by atoms with Crippen molar-refractivity contribution >= 4 is 17.4 Å². The first-order chi connectivity index (χ1) is 14.8. The third-order valence-electron chi connectivity index (χ3n) is 5.06. The van der Waals surface area contributed by atoms with Crippen LogP contribution in [-0.2, 0) is 24.4 Å². The van der Waals surface area contributed by atoms with Crippen LogP contribution in [0.25, 0.3) is 0 Å². The Balaban J connectivity index is 1.97. The molecule has 0 atom stereocenters. The molecular formula is C21H28N6O4. The molecule has 0 aromatic carbocycles. The first-order valence-corrected chi connectivity index (χ1v) is 10.3. The van der Waals surface area contributed by atoms with Crippen molar-refractivity contribution in [1.29, 1.82) is 0 Å². The predicted molar refractivity (Wildman–Crippen MR) is 117 cm³/mol. The van der Waals surface area contributed by atoms with Crippen LogP contribution in [-0.4, -0.2) is 25.2 Å². The smallest absolute Gasteiger partial charge is 0.330 e. The summed E-state index contributed by atoms with van der Waals surface area (Å²) in [4.78, 5) is 41.8. The molecule has 10 nitrogen and oxygen atoms in total. The number of carbonyl (C=O) groups is 1. The van der Waals surface area contributed by atoms with Gasteiger partial charge in [0.25, 0.3) is 5.56 Å². The van der Waals surface area contributed by atoms with Crippen molar-refractivity contribution in [3.63, 3.8) is 0 Å². The van der Waals surface area contributed by atoms with Gasteiger partial charge in [-0.05, 0) is 38.5 Å². The SMILES string of the molecule is CCCCn1c(N)c(N(Cc2ccco2)C(=O)CCn2nc(C)cc2C)c(=O)[nH]c1=O. The molecule has 0 saturated heterocycles. The average Bonchev–Trinajstić information content (AvgIpc) is 3.33. The Bertz CT molecular complexity index is 1160. The second-order valence-electron chi connectivity index (χ2n) is 7.46. The molecule has 0 saturated carbocycles. The number of hydrogen-bond acceptors (Lipinski definition) is 6. The zero-order valence-corrected chi connectivity index (χ0v) is 18.1. The lowest BCUT2D eigenvalue weighted by molar-refractivity contribution is -0.119. The van der Waals surface area contributed by atoms with Crippen LogP contribution in [0.5, 0.6) is 0 Å². The van der Waals surface area contributed by atoms with E-state index < -0.39 is 11.2 Å². The highest BCUT2D eigenvalue weighted by Crippen LogP contribution is 2.21. The number of nitrogens with one attached hydrogen (secondary N) is 1. The fraction of sp³-hybridized carbons (Fsp3) is 0.429. The molecule has 0 aliphatic carbocycles. The van der Waals surface area contributed by atoms with Crippen LogP contribution in [0, 0.1) is 13.8 Å². The molecule has 0 radical (unpaired) electrons. The average molecular weight is 428 g/mol. The molecule has 31 heavy (non-hydrogen) atoms. The van der Waals surface area contributed by atoms with E-state index in [-0.39, 0.29) is 30.4 Å². The second-order valence-corrected chi connectivity index (χ2v) is 7.46. The molecular weight excluding hydrogens is 400 g/mol. The lowest BCUT2D eigenvalue weighted by Gasteiger charge is -2.24. The van der Waals surface area contributed by atoms with Gasteiger partial charge in [-0.2, -0.15) is 5.10 Å².